The smallest absolute Gasteiger partial charge is 0.242 e. The van der Waals surface area contributed by atoms with Crippen LogP contribution >= 0.6 is 0 Å². The summed E-state index contributed by atoms with van der Waals surface area (Å²) in [4.78, 5) is 0. The van der Waals surface area contributed by atoms with E-state index in [1.807, 2.05) is 0 Å². The summed E-state index contributed by atoms with van der Waals surface area (Å²) in [5.41, 5.74) is 8.21. The molecule has 0 bridgehead atoms. The predicted molar refractivity (Wildman–Crippen MR) is 136 cm³/mol. The molecular weight excluding hydrogens is 389 g/mol. The van der Waals surface area contributed by atoms with Gasteiger partial charge >= 0.3 is 0 Å². The van der Waals surface area contributed by atoms with Crippen LogP contribution in [0.15, 0.2) is 34.0 Å². The Morgan fingerprint density at radius 3 is 1.82 bits per heavy atom. The molecule has 0 aromatic heterocycles. The average Bonchev–Trinajstić information content (AvgIpc) is 2.70. The molecule has 28 heavy (non-hydrogen) atoms. The van der Waals surface area contributed by atoms with E-state index in [0.29, 0.717) is 5.54 Å². The van der Waals surface area contributed by atoms with Gasteiger partial charge in [0.25, 0.3) is 0 Å². The van der Waals surface area contributed by atoms with Crippen molar-refractivity contribution in [3.8, 4) is 5.75 Å². The molecular formula is C24H42OSi3. The van der Waals surface area contributed by atoms with Gasteiger partial charge in [-0.1, -0.05) is 67.9 Å². The van der Waals surface area contributed by atoms with Crippen molar-refractivity contribution in [2.75, 3.05) is 0 Å². The molecule has 1 unspecified atom stereocenters. The van der Waals surface area contributed by atoms with Gasteiger partial charge in [-0.3, -0.25) is 0 Å². The lowest BCUT2D eigenvalue weighted by atomic mass is 9.85. The van der Waals surface area contributed by atoms with Crippen LogP contribution in [0.1, 0.15) is 52.7 Å². The summed E-state index contributed by atoms with van der Waals surface area (Å²) < 4.78 is 6.86. The minimum atomic E-state index is -1.87. The van der Waals surface area contributed by atoms with Crippen molar-refractivity contribution in [2.45, 2.75) is 92.2 Å². The number of allylic oxidation sites excluding steroid dienone is 4. The lowest BCUT2D eigenvalue weighted by molar-refractivity contribution is 0.511. The summed E-state index contributed by atoms with van der Waals surface area (Å²) in [6, 6.07) is 4.82. The predicted octanol–water partition coefficient (Wildman–Crippen LogP) is 5.78. The molecule has 2 rings (SSSR count). The maximum Gasteiger partial charge on any atom is 0.242 e. The van der Waals surface area contributed by atoms with E-state index in [2.05, 4.69) is 93.3 Å². The van der Waals surface area contributed by atoms with Crippen LogP contribution in [0.25, 0.3) is 0 Å². The second kappa shape index (κ2) is 7.44. The van der Waals surface area contributed by atoms with Crippen molar-refractivity contribution >= 4 is 31.8 Å². The highest BCUT2D eigenvalue weighted by Gasteiger charge is 2.41. The molecule has 156 valence electrons. The Labute approximate surface area is 179 Å². The third-order valence-electron chi connectivity index (χ3n) is 6.44. The monoisotopic (exact) mass is 430 g/mol. The Morgan fingerprint density at radius 1 is 0.893 bits per heavy atom. The SMILES string of the molecule is CC1=C(C)C([SiH3])C([Si](C)(C)c2cc(C)cc(C(C)(C)C)c2O[Si](C)(C)C)=C1C. The lowest BCUT2D eigenvalue weighted by Gasteiger charge is -2.37. The van der Waals surface area contributed by atoms with Gasteiger partial charge in [0.1, 0.15) is 13.8 Å². The molecule has 0 N–H and O–H groups in total. The first kappa shape index (κ1) is 23.4. The Bertz CT molecular complexity index is 846. The van der Waals surface area contributed by atoms with E-state index in [0.717, 1.165) is 0 Å². The number of benzene rings is 1. The van der Waals surface area contributed by atoms with Crippen LogP contribution in [0.3, 0.4) is 0 Å². The third kappa shape index (κ3) is 4.34. The molecule has 4 heteroatoms. The summed E-state index contributed by atoms with van der Waals surface area (Å²) in [5, 5.41) is 3.26. The van der Waals surface area contributed by atoms with Gasteiger partial charge in [0.15, 0.2) is 0 Å². The van der Waals surface area contributed by atoms with E-state index in [1.54, 1.807) is 16.3 Å². The van der Waals surface area contributed by atoms with E-state index >= 15 is 0 Å². The molecule has 0 heterocycles. The molecule has 1 atom stereocenters. The molecule has 1 nitrogen and oxygen atoms in total. The highest BCUT2D eigenvalue weighted by molar-refractivity contribution is 6.97. The van der Waals surface area contributed by atoms with Crippen LogP contribution in [0.5, 0.6) is 5.75 Å². The van der Waals surface area contributed by atoms with Crippen LogP contribution in [0.2, 0.25) is 38.3 Å². The molecule has 0 fully saturated rings. The summed E-state index contributed by atoms with van der Waals surface area (Å²) in [6.07, 6.45) is 0. The molecule has 0 spiro atoms. The zero-order valence-corrected chi connectivity index (χ0v) is 24.6. The van der Waals surface area contributed by atoms with Gasteiger partial charge in [0, 0.05) is 10.2 Å². The molecule has 1 aromatic rings. The maximum atomic E-state index is 6.86. The van der Waals surface area contributed by atoms with Gasteiger partial charge < -0.3 is 4.43 Å². The van der Waals surface area contributed by atoms with Crippen molar-refractivity contribution in [3.63, 3.8) is 0 Å². The van der Waals surface area contributed by atoms with Gasteiger partial charge in [-0.05, 0) is 74.6 Å². The summed E-state index contributed by atoms with van der Waals surface area (Å²) in [5.74, 6) is 1.21. The van der Waals surface area contributed by atoms with Gasteiger partial charge in [-0.2, -0.15) is 0 Å². The van der Waals surface area contributed by atoms with Crippen LogP contribution < -0.4 is 9.61 Å². The number of aryl methyl sites for hydroxylation is 1. The molecule has 1 aliphatic rings. The van der Waals surface area contributed by atoms with E-state index < -0.39 is 16.4 Å². The Morgan fingerprint density at radius 2 is 1.43 bits per heavy atom. The second-order valence-electron chi connectivity index (χ2n) is 11.3. The highest BCUT2D eigenvalue weighted by Crippen LogP contribution is 2.45. The molecule has 0 aliphatic heterocycles. The fourth-order valence-corrected chi connectivity index (χ4v) is 12.8. The molecule has 1 aromatic carbocycles. The fourth-order valence-electron chi connectivity index (χ4n) is 4.73. The number of rotatable bonds is 4. The molecule has 0 radical (unpaired) electrons. The van der Waals surface area contributed by atoms with Crippen molar-refractivity contribution in [3.05, 3.63) is 45.2 Å². The third-order valence-corrected chi connectivity index (χ3v) is 13.1. The summed E-state index contributed by atoms with van der Waals surface area (Å²) in [6.45, 7) is 28.3. The second-order valence-corrected chi connectivity index (χ2v) is 21.3. The van der Waals surface area contributed by atoms with E-state index in [4.69, 9.17) is 4.43 Å². The van der Waals surface area contributed by atoms with Crippen molar-refractivity contribution in [2.24, 2.45) is 0 Å². The van der Waals surface area contributed by atoms with Crippen molar-refractivity contribution in [1.29, 1.82) is 0 Å². The van der Waals surface area contributed by atoms with Gasteiger partial charge in [-0.25, -0.2) is 0 Å². The van der Waals surface area contributed by atoms with Gasteiger partial charge in [0.2, 0.25) is 8.32 Å². The summed E-state index contributed by atoms with van der Waals surface area (Å²) >= 11 is 0. The average molecular weight is 431 g/mol. The molecule has 0 saturated heterocycles. The first-order valence-corrected chi connectivity index (χ1v) is 18.3. The topological polar surface area (TPSA) is 9.23 Å². The fraction of sp³-hybridized carbons (Fsp3) is 0.583. The largest absolute Gasteiger partial charge is 0.544 e. The minimum Gasteiger partial charge on any atom is -0.544 e. The Hall–Kier alpha value is -0.849. The van der Waals surface area contributed by atoms with E-state index in [-0.39, 0.29) is 5.41 Å². The van der Waals surface area contributed by atoms with Gasteiger partial charge in [0.05, 0.1) is 0 Å². The summed E-state index contributed by atoms with van der Waals surface area (Å²) in [7, 11) is -2.41. The Balaban J connectivity index is 2.83. The Kier molecular flexibility index (Phi) is 6.23. The number of hydrogen-bond donors (Lipinski definition) is 0. The maximum absolute atomic E-state index is 6.86. The van der Waals surface area contributed by atoms with Gasteiger partial charge in [-0.15, -0.1) is 0 Å². The normalized spacial score (nSPS) is 19.1. The lowest BCUT2D eigenvalue weighted by Crippen LogP contribution is -2.48. The van der Waals surface area contributed by atoms with Crippen molar-refractivity contribution in [1.82, 2.24) is 0 Å². The van der Waals surface area contributed by atoms with Crippen LogP contribution in [0.4, 0.5) is 0 Å². The quantitative estimate of drug-likeness (QED) is 0.550. The molecule has 1 aliphatic carbocycles. The van der Waals surface area contributed by atoms with Crippen molar-refractivity contribution < 1.29 is 4.43 Å². The first-order valence-electron chi connectivity index (χ1n) is 10.7. The first-order chi connectivity index (χ1) is 12.5. The van der Waals surface area contributed by atoms with Crippen LogP contribution in [0, 0.1) is 6.92 Å². The number of hydrogen-bond acceptors (Lipinski definition) is 1. The molecule has 0 amide bonds. The minimum absolute atomic E-state index is 0.0732. The zero-order chi connectivity index (χ0) is 21.8. The zero-order valence-electron chi connectivity index (χ0n) is 20.6. The van der Waals surface area contributed by atoms with Crippen LogP contribution in [-0.2, 0) is 5.41 Å². The van der Waals surface area contributed by atoms with Crippen LogP contribution in [-0.4, -0.2) is 26.6 Å². The van der Waals surface area contributed by atoms with E-state index in [9.17, 15) is 0 Å². The van der Waals surface area contributed by atoms with E-state index in [1.165, 1.54) is 37.9 Å². The standard InChI is InChI=1S/C24H42OSi3/c1-15-13-19(24(5,6)7)21(25-27(8,9)10)20(14-15)28(11,12)23-18(4)16(2)17(3)22(23)26/h13-14,22H,1-12,26H3. The molecule has 0 saturated carbocycles. The highest BCUT2D eigenvalue weighted by atomic mass is 28.4.